The van der Waals surface area contributed by atoms with Crippen molar-refractivity contribution in [1.82, 2.24) is 4.48 Å². The van der Waals surface area contributed by atoms with E-state index in [1.165, 1.54) is 46.1 Å². The van der Waals surface area contributed by atoms with Gasteiger partial charge in [-0.3, -0.25) is 4.48 Å². The Balaban J connectivity index is 1.81. The van der Waals surface area contributed by atoms with Crippen molar-refractivity contribution < 1.29 is 0 Å². The summed E-state index contributed by atoms with van der Waals surface area (Å²) >= 11 is 0. The number of benzene rings is 3. The van der Waals surface area contributed by atoms with Gasteiger partial charge in [-0.1, -0.05) is 55.8 Å². The molecule has 0 saturated heterocycles. The minimum atomic E-state index is 0.784. The second-order valence-corrected chi connectivity index (χ2v) is 7.95. The molecule has 2 nitrogen and oxygen atoms in total. The highest BCUT2D eigenvalue weighted by Gasteiger charge is 2.38. The number of hydrogen-bond acceptors (Lipinski definition) is 1. The van der Waals surface area contributed by atoms with Crippen molar-refractivity contribution in [3.05, 3.63) is 90.3 Å². The first-order valence-corrected chi connectivity index (χ1v) is 10.2. The van der Waals surface area contributed by atoms with Crippen molar-refractivity contribution in [2.24, 2.45) is 0 Å². The van der Waals surface area contributed by atoms with Gasteiger partial charge in [-0.2, -0.15) is 0 Å². The second-order valence-electron chi connectivity index (χ2n) is 7.95. The van der Waals surface area contributed by atoms with Gasteiger partial charge in [0.15, 0.2) is 0 Å². The molecule has 1 N–H and O–H groups in total. The fourth-order valence-corrected chi connectivity index (χ4v) is 4.28. The van der Waals surface area contributed by atoms with Crippen LogP contribution in [0.4, 0.5) is 11.4 Å². The predicted molar refractivity (Wildman–Crippen MR) is 123 cm³/mol. The lowest BCUT2D eigenvalue weighted by Gasteiger charge is -2.26. The molecule has 0 fully saturated rings. The molecule has 28 heavy (non-hydrogen) atoms. The highest BCUT2D eigenvalue weighted by Crippen LogP contribution is 2.48. The van der Waals surface area contributed by atoms with Gasteiger partial charge < -0.3 is 5.32 Å². The van der Waals surface area contributed by atoms with Gasteiger partial charge in [-0.25, -0.2) is 0 Å². The maximum atomic E-state index is 3.43. The van der Waals surface area contributed by atoms with Crippen LogP contribution in [0.1, 0.15) is 31.7 Å². The highest BCUT2D eigenvalue weighted by atomic mass is 15.3. The van der Waals surface area contributed by atoms with E-state index in [0.717, 1.165) is 16.6 Å². The van der Waals surface area contributed by atoms with Crippen molar-refractivity contribution in [3.8, 4) is 0 Å². The van der Waals surface area contributed by atoms with Crippen LogP contribution >= 0.6 is 0 Å². The first-order valence-electron chi connectivity index (χ1n) is 10.2. The second kappa shape index (κ2) is 7.65. The Morgan fingerprint density at radius 3 is 2.43 bits per heavy atom. The first kappa shape index (κ1) is 18.5. The number of para-hydroxylation sites is 1. The summed E-state index contributed by atoms with van der Waals surface area (Å²) in [6.45, 7) is 2.27. The van der Waals surface area contributed by atoms with Crippen molar-refractivity contribution in [2.75, 3.05) is 19.4 Å². The Hall–Kier alpha value is -2.84. The van der Waals surface area contributed by atoms with Crippen LogP contribution in [0.5, 0.6) is 0 Å². The van der Waals surface area contributed by atoms with Crippen LogP contribution in [0.2, 0.25) is 0 Å². The number of anilines is 1. The summed E-state index contributed by atoms with van der Waals surface area (Å²) < 4.78 is 0.784. The van der Waals surface area contributed by atoms with Crippen LogP contribution in [-0.4, -0.2) is 14.1 Å². The third kappa shape index (κ3) is 3.25. The smallest absolute Gasteiger partial charge is 0.145 e. The third-order valence-corrected chi connectivity index (χ3v) is 5.77. The molecular weight excluding hydrogens is 340 g/mol. The van der Waals surface area contributed by atoms with Gasteiger partial charge in [0.25, 0.3) is 0 Å². The zero-order chi connectivity index (χ0) is 19.6. The Kier molecular flexibility index (Phi) is 5.06. The molecule has 3 aromatic carbocycles. The molecule has 0 aliphatic carbocycles. The number of hydrogen-bond donors (Lipinski definition) is 1. The topological polar surface area (TPSA) is 12.0 Å². The molecule has 0 unspecified atom stereocenters. The molecule has 4 rings (SSSR count). The van der Waals surface area contributed by atoms with Crippen molar-refractivity contribution in [1.29, 1.82) is 0 Å². The van der Waals surface area contributed by atoms with E-state index in [-0.39, 0.29) is 0 Å². The summed E-state index contributed by atoms with van der Waals surface area (Å²) in [6.07, 6.45) is 7.89. The van der Waals surface area contributed by atoms with E-state index in [2.05, 4.69) is 99.3 Å². The number of likely N-dealkylation sites (N-methyl/N-ethyl adjacent to an activating group) is 1. The molecule has 0 amide bonds. The summed E-state index contributed by atoms with van der Waals surface area (Å²) in [6, 6.07) is 23.7. The Morgan fingerprint density at radius 1 is 0.893 bits per heavy atom. The largest absolute Gasteiger partial charge is 0.361 e. The predicted octanol–water partition coefficient (Wildman–Crippen LogP) is 6.95. The van der Waals surface area contributed by atoms with Crippen LogP contribution in [0.15, 0.2) is 84.7 Å². The van der Waals surface area contributed by atoms with Gasteiger partial charge in [0.1, 0.15) is 11.4 Å². The average molecular weight is 370 g/mol. The molecule has 2 heteroatoms. The highest BCUT2D eigenvalue weighted by molar-refractivity contribution is 6.03. The van der Waals surface area contributed by atoms with Crippen LogP contribution in [0.25, 0.3) is 16.3 Å². The summed E-state index contributed by atoms with van der Waals surface area (Å²) in [5.41, 5.74) is 6.81. The lowest BCUT2D eigenvalue weighted by molar-refractivity contribution is 0.520. The van der Waals surface area contributed by atoms with E-state index in [0.29, 0.717) is 0 Å². The maximum absolute atomic E-state index is 3.43. The Bertz CT molecular complexity index is 1040. The molecule has 1 aliphatic heterocycles. The van der Waals surface area contributed by atoms with Crippen molar-refractivity contribution in [2.45, 2.75) is 26.2 Å². The zero-order valence-electron chi connectivity index (χ0n) is 17.1. The molecule has 0 spiro atoms. The number of fused-ring (bicyclic) bond motifs is 3. The molecule has 0 aromatic heterocycles. The summed E-state index contributed by atoms with van der Waals surface area (Å²) in [5, 5.41) is 6.12. The number of nitrogens with zero attached hydrogens (tertiary/aromatic N) is 1. The fourth-order valence-electron chi connectivity index (χ4n) is 4.28. The summed E-state index contributed by atoms with van der Waals surface area (Å²) in [4.78, 5) is 0. The molecule has 1 heterocycles. The number of quaternary nitrogens is 1. The molecule has 142 valence electrons. The number of unbranched alkanes of at least 4 members (excludes halogenated alkanes) is 1. The maximum Gasteiger partial charge on any atom is 0.145 e. The lowest BCUT2D eigenvalue weighted by atomic mass is 9.94. The number of allylic oxidation sites excluding steroid dienone is 2. The lowest BCUT2D eigenvalue weighted by Crippen LogP contribution is -2.36. The summed E-state index contributed by atoms with van der Waals surface area (Å²) in [7, 11) is 4.60. The van der Waals surface area contributed by atoms with E-state index in [4.69, 9.17) is 0 Å². The average Bonchev–Trinajstić information content (AvgIpc) is 2.94. The van der Waals surface area contributed by atoms with Crippen LogP contribution in [0, 0.1) is 0 Å². The zero-order valence-corrected chi connectivity index (χ0v) is 17.1. The molecule has 0 saturated carbocycles. The first-order chi connectivity index (χ1) is 13.6. The SMILES string of the molecule is CCCCC1=C(C=CNc2ccccc2)[N+](C)(C)c2ccc3ccccc3c21. The monoisotopic (exact) mass is 369 g/mol. The van der Waals surface area contributed by atoms with E-state index >= 15 is 0 Å². The minimum absolute atomic E-state index is 0.784. The van der Waals surface area contributed by atoms with Gasteiger partial charge in [0.05, 0.1) is 19.7 Å². The molecular formula is C26H29N2+. The molecule has 0 atom stereocenters. The molecule has 0 bridgehead atoms. The van der Waals surface area contributed by atoms with Gasteiger partial charge in [-0.05, 0) is 41.8 Å². The Labute approximate surface area is 168 Å². The van der Waals surface area contributed by atoms with E-state index in [1.54, 1.807) is 0 Å². The fraction of sp³-hybridized carbons (Fsp3) is 0.231. The summed E-state index contributed by atoms with van der Waals surface area (Å²) in [5.74, 6) is 0. The van der Waals surface area contributed by atoms with Crippen LogP contribution in [-0.2, 0) is 0 Å². The third-order valence-electron chi connectivity index (χ3n) is 5.77. The quantitative estimate of drug-likeness (QED) is 0.464. The van der Waals surface area contributed by atoms with Crippen molar-refractivity contribution >= 4 is 27.7 Å². The van der Waals surface area contributed by atoms with Gasteiger partial charge in [0, 0.05) is 29.6 Å². The minimum Gasteiger partial charge on any atom is -0.361 e. The molecule has 1 aliphatic rings. The van der Waals surface area contributed by atoms with Gasteiger partial charge >= 0.3 is 0 Å². The van der Waals surface area contributed by atoms with Crippen LogP contribution in [0.3, 0.4) is 0 Å². The number of rotatable bonds is 6. The standard InChI is InChI=1S/C26H29N2/c1-4-5-14-23-24(18-19-27-21-12-7-6-8-13-21)28(2,3)25-17-16-20-11-9-10-15-22(20)26(23)25/h6-13,15-19,27H,4-5,14H2,1-3H3/q+1. The Morgan fingerprint density at radius 2 is 1.64 bits per heavy atom. The van der Waals surface area contributed by atoms with Crippen molar-refractivity contribution in [3.63, 3.8) is 0 Å². The van der Waals surface area contributed by atoms with E-state index in [1.807, 2.05) is 6.07 Å². The van der Waals surface area contributed by atoms with Gasteiger partial charge in [0.2, 0.25) is 0 Å². The van der Waals surface area contributed by atoms with E-state index < -0.39 is 0 Å². The normalized spacial score (nSPS) is 15.4. The number of nitrogens with one attached hydrogen (secondary N) is 1. The van der Waals surface area contributed by atoms with Crippen LogP contribution < -0.4 is 9.80 Å². The molecule has 0 radical (unpaired) electrons. The van der Waals surface area contributed by atoms with Gasteiger partial charge in [-0.15, -0.1) is 0 Å². The molecule has 3 aromatic rings. The van der Waals surface area contributed by atoms with E-state index in [9.17, 15) is 0 Å².